The van der Waals surface area contributed by atoms with Crippen LogP contribution in [0.15, 0.2) is 23.1 Å². The van der Waals surface area contributed by atoms with Gasteiger partial charge in [0.2, 0.25) is 5.91 Å². The van der Waals surface area contributed by atoms with Crippen molar-refractivity contribution in [3.63, 3.8) is 0 Å². The quantitative estimate of drug-likeness (QED) is 0.835. The van der Waals surface area contributed by atoms with Crippen molar-refractivity contribution in [2.75, 3.05) is 24.2 Å². The number of thioether (sulfide) groups is 1. The SMILES string of the molecule is O=C1CSc2ccc(C(=O)N3CCCO3)cc2N1. The fraction of sp³-hybridized carbons (Fsp3) is 0.333. The lowest BCUT2D eigenvalue weighted by Gasteiger charge is -2.18. The van der Waals surface area contributed by atoms with Gasteiger partial charge in [-0.3, -0.25) is 14.4 Å². The highest BCUT2D eigenvalue weighted by molar-refractivity contribution is 8.00. The Bertz CT molecular complexity index is 512. The average molecular weight is 264 g/mol. The van der Waals surface area contributed by atoms with Crippen LogP contribution in [0.25, 0.3) is 0 Å². The monoisotopic (exact) mass is 264 g/mol. The molecule has 1 aromatic carbocycles. The molecule has 2 aliphatic rings. The first-order valence-electron chi connectivity index (χ1n) is 5.75. The third kappa shape index (κ3) is 2.09. The van der Waals surface area contributed by atoms with Crippen LogP contribution in [0, 0.1) is 0 Å². The summed E-state index contributed by atoms with van der Waals surface area (Å²) in [7, 11) is 0. The lowest BCUT2D eigenvalue weighted by Crippen LogP contribution is -2.27. The second-order valence-corrected chi connectivity index (χ2v) is 5.16. The molecule has 0 radical (unpaired) electrons. The number of fused-ring (bicyclic) bond motifs is 1. The Balaban J connectivity index is 1.87. The Morgan fingerprint density at radius 2 is 2.33 bits per heavy atom. The van der Waals surface area contributed by atoms with Crippen molar-refractivity contribution >= 4 is 29.3 Å². The number of hydroxylamine groups is 2. The van der Waals surface area contributed by atoms with Gasteiger partial charge in [-0.15, -0.1) is 11.8 Å². The Morgan fingerprint density at radius 3 is 3.11 bits per heavy atom. The van der Waals surface area contributed by atoms with Crippen LogP contribution in [-0.2, 0) is 9.63 Å². The Kier molecular flexibility index (Phi) is 2.97. The van der Waals surface area contributed by atoms with Crippen molar-refractivity contribution in [3.8, 4) is 0 Å². The van der Waals surface area contributed by atoms with Crippen molar-refractivity contribution in [2.45, 2.75) is 11.3 Å². The zero-order chi connectivity index (χ0) is 12.5. The van der Waals surface area contributed by atoms with E-state index in [0.717, 1.165) is 11.3 Å². The molecule has 94 valence electrons. The number of carbonyl (C=O) groups is 2. The zero-order valence-electron chi connectivity index (χ0n) is 9.64. The number of nitrogens with one attached hydrogen (secondary N) is 1. The van der Waals surface area contributed by atoms with Gasteiger partial charge in [-0.05, 0) is 24.6 Å². The molecule has 6 heteroatoms. The summed E-state index contributed by atoms with van der Waals surface area (Å²) in [6.07, 6.45) is 0.864. The van der Waals surface area contributed by atoms with Gasteiger partial charge in [-0.2, -0.15) is 0 Å². The van der Waals surface area contributed by atoms with Crippen molar-refractivity contribution in [1.82, 2.24) is 5.06 Å². The highest BCUT2D eigenvalue weighted by atomic mass is 32.2. The van der Waals surface area contributed by atoms with E-state index in [9.17, 15) is 9.59 Å². The third-order valence-corrected chi connectivity index (χ3v) is 3.91. The first kappa shape index (κ1) is 11.6. The van der Waals surface area contributed by atoms with E-state index in [4.69, 9.17) is 4.84 Å². The van der Waals surface area contributed by atoms with E-state index in [1.54, 1.807) is 12.1 Å². The van der Waals surface area contributed by atoms with Crippen LogP contribution in [-0.4, -0.2) is 35.8 Å². The van der Waals surface area contributed by atoms with Crippen LogP contribution in [0.2, 0.25) is 0 Å². The summed E-state index contributed by atoms with van der Waals surface area (Å²) in [4.78, 5) is 29.6. The average Bonchev–Trinajstić information content (AvgIpc) is 2.90. The normalized spacial score (nSPS) is 18.4. The molecule has 2 amide bonds. The molecule has 1 saturated heterocycles. The van der Waals surface area contributed by atoms with Gasteiger partial charge in [0.05, 0.1) is 24.6 Å². The fourth-order valence-electron chi connectivity index (χ4n) is 1.97. The molecular weight excluding hydrogens is 252 g/mol. The molecule has 0 aromatic heterocycles. The molecule has 2 aliphatic heterocycles. The van der Waals surface area contributed by atoms with Crippen LogP contribution in [0.3, 0.4) is 0 Å². The van der Waals surface area contributed by atoms with E-state index < -0.39 is 0 Å². The van der Waals surface area contributed by atoms with Gasteiger partial charge < -0.3 is 5.32 Å². The fourth-order valence-corrected chi connectivity index (χ4v) is 2.76. The van der Waals surface area contributed by atoms with E-state index >= 15 is 0 Å². The minimum Gasteiger partial charge on any atom is -0.324 e. The van der Waals surface area contributed by atoms with E-state index in [0.29, 0.717) is 30.2 Å². The lowest BCUT2D eigenvalue weighted by molar-refractivity contribution is -0.113. The summed E-state index contributed by atoms with van der Waals surface area (Å²) in [6.45, 7) is 1.21. The molecule has 1 aromatic rings. The van der Waals surface area contributed by atoms with E-state index in [-0.39, 0.29) is 11.8 Å². The van der Waals surface area contributed by atoms with Crippen LogP contribution < -0.4 is 5.32 Å². The number of rotatable bonds is 1. The van der Waals surface area contributed by atoms with Crippen molar-refractivity contribution in [2.24, 2.45) is 0 Å². The molecule has 0 spiro atoms. The lowest BCUT2D eigenvalue weighted by atomic mass is 10.2. The smallest absolute Gasteiger partial charge is 0.277 e. The van der Waals surface area contributed by atoms with Gasteiger partial charge in [-0.1, -0.05) is 0 Å². The molecule has 1 N–H and O–H groups in total. The first-order chi connectivity index (χ1) is 8.74. The minimum atomic E-state index is -0.153. The summed E-state index contributed by atoms with van der Waals surface area (Å²) >= 11 is 1.48. The Hall–Kier alpha value is -1.53. The van der Waals surface area contributed by atoms with Gasteiger partial charge >= 0.3 is 0 Å². The van der Waals surface area contributed by atoms with Crippen molar-refractivity contribution < 1.29 is 14.4 Å². The number of hydrogen-bond donors (Lipinski definition) is 1. The number of amides is 2. The molecule has 0 bridgehead atoms. The molecule has 0 atom stereocenters. The van der Waals surface area contributed by atoms with Gasteiger partial charge in [0.25, 0.3) is 5.91 Å². The van der Waals surface area contributed by atoms with Crippen molar-refractivity contribution in [1.29, 1.82) is 0 Å². The molecule has 2 heterocycles. The van der Waals surface area contributed by atoms with Crippen molar-refractivity contribution in [3.05, 3.63) is 23.8 Å². The second kappa shape index (κ2) is 4.62. The predicted molar refractivity (Wildman–Crippen MR) is 67.4 cm³/mol. The summed E-state index contributed by atoms with van der Waals surface area (Å²) in [5.74, 6) is 0.241. The summed E-state index contributed by atoms with van der Waals surface area (Å²) < 4.78 is 0. The van der Waals surface area contributed by atoms with Gasteiger partial charge in [0.15, 0.2) is 0 Å². The number of anilines is 1. The molecule has 18 heavy (non-hydrogen) atoms. The molecular formula is C12H12N2O3S. The standard InChI is InChI=1S/C12H12N2O3S/c15-11-7-18-10-3-2-8(6-9(10)13-11)12(16)14-4-1-5-17-14/h2-3,6H,1,4-5,7H2,(H,13,15). The Morgan fingerprint density at radius 1 is 1.44 bits per heavy atom. The largest absolute Gasteiger partial charge is 0.324 e. The predicted octanol–water partition coefficient (Wildman–Crippen LogP) is 1.51. The Labute approximate surface area is 108 Å². The maximum absolute atomic E-state index is 12.1. The number of benzene rings is 1. The summed E-state index contributed by atoms with van der Waals surface area (Å²) in [5, 5.41) is 4.15. The maximum atomic E-state index is 12.1. The van der Waals surface area contributed by atoms with E-state index in [2.05, 4.69) is 5.32 Å². The highest BCUT2D eigenvalue weighted by Gasteiger charge is 2.23. The molecule has 5 nitrogen and oxygen atoms in total. The third-order valence-electron chi connectivity index (χ3n) is 2.84. The molecule has 0 aliphatic carbocycles. The van der Waals surface area contributed by atoms with E-state index in [1.165, 1.54) is 16.8 Å². The van der Waals surface area contributed by atoms with E-state index in [1.807, 2.05) is 6.07 Å². The van der Waals surface area contributed by atoms with Gasteiger partial charge in [0.1, 0.15) is 0 Å². The molecule has 0 saturated carbocycles. The minimum absolute atomic E-state index is 0.0329. The zero-order valence-corrected chi connectivity index (χ0v) is 10.5. The van der Waals surface area contributed by atoms with Gasteiger partial charge in [0, 0.05) is 10.5 Å². The summed E-state index contributed by atoms with van der Waals surface area (Å²) in [6, 6.07) is 5.35. The number of hydrogen-bond acceptors (Lipinski definition) is 4. The van der Waals surface area contributed by atoms with Gasteiger partial charge in [-0.25, -0.2) is 5.06 Å². The maximum Gasteiger partial charge on any atom is 0.277 e. The summed E-state index contributed by atoms with van der Waals surface area (Å²) in [5.41, 5.74) is 1.25. The van der Waals surface area contributed by atoms with Crippen LogP contribution >= 0.6 is 11.8 Å². The van der Waals surface area contributed by atoms with Crippen LogP contribution in [0.4, 0.5) is 5.69 Å². The molecule has 0 unspecified atom stereocenters. The molecule has 1 fully saturated rings. The number of carbonyl (C=O) groups excluding carboxylic acids is 2. The number of nitrogens with zero attached hydrogens (tertiary/aromatic N) is 1. The first-order valence-corrected chi connectivity index (χ1v) is 6.74. The van der Waals surface area contributed by atoms with Crippen LogP contribution in [0.5, 0.6) is 0 Å². The topological polar surface area (TPSA) is 58.6 Å². The highest BCUT2D eigenvalue weighted by Crippen LogP contribution is 2.32. The van der Waals surface area contributed by atoms with Crippen LogP contribution in [0.1, 0.15) is 16.8 Å². The second-order valence-electron chi connectivity index (χ2n) is 4.14. The molecule has 3 rings (SSSR count).